The first-order chi connectivity index (χ1) is 8.17. The molecule has 1 atom stereocenters. The lowest BCUT2D eigenvalue weighted by molar-refractivity contribution is -0.146. The van der Waals surface area contributed by atoms with Crippen molar-refractivity contribution >= 4 is 11.9 Å². The van der Waals surface area contributed by atoms with Crippen LogP contribution in [0, 0.1) is 5.92 Å². The van der Waals surface area contributed by atoms with Crippen molar-refractivity contribution < 1.29 is 19.4 Å². The Balaban J connectivity index is 2.49. The van der Waals surface area contributed by atoms with E-state index >= 15 is 0 Å². The Labute approximate surface area is 102 Å². The van der Waals surface area contributed by atoms with Crippen molar-refractivity contribution in [3.05, 3.63) is 0 Å². The summed E-state index contributed by atoms with van der Waals surface area (Å²) in [5.74, 6) is -0.500. The van der Waals surface area contributed by atoms with E-state index in [1.807, 2.05) is 0 Å². The van der Waals surface area contributed by atoms with Crippen molar-refractivity contribution in [1.29, 1.82) is 0 Å². The van der Waals surface area contributed by atoms with Crippen LogP contribution < -0.4 is 5.32 Å². The van der Waals surface area contributed by atoms with Crippen LogP contribution in [0.4, 0.5) is 0 Å². The van der Waals surface area contributed by atoms with Crippen LogP contribution in [0.25, 0.3) is 0 Å². The zero-order valence-electron chi connectivity index (χ0n) is 10.3. The summed E-state index contributed by atoms with van der Waals surface area (Å²) in [4.78, 5) is 22.6. The summed E-state index contributed by atoms with van der Waals surface area (Å²) in [6.07, 6.45) is 6.44. The molecule has 0 aliphatic heterocycles. The summed E-state index contributed by atoms with van der Waals surface area (Å²) in [6.45, 7) is -0.599. The fraction of sp³-hybridized carbons (Fsp3) is 0.833. The summed E-state index contributed by atoms with van der Waals surface area (Å²) < 4.78 is 4.66. The largest absolute Gasteiger partial charge is 0.467 e. The summed E-state index contributed by atoms with van der Waals surface area (Å²) in [7, 11) is 1.31. The zero-order chi connectivity index (χ0) is 12.7. The summed E-state index contributed by atoms with van der Waals surface area (Å²) in [6, 6.07) is -0.622. The molecule has 1 rings (SSSR count). The average Bonchev–Trinajstić information content (AvgIpc) is 2.38. The van der Waals surface area contributed by atoms with E-state index in [2.05, 4.69) is 10.1 Å². The highest BCUT2D eigenvalue weighted by atomic mass is 16.5. The Morgan fingerprint density at radius 2 is 2.00 bits per heavy atom. The molecule has 0 unspecified atom stereocenters. The summed E-state index contributed by atoms with van der Waals surface area (Å²) in [5, 5.41) is 11.2. The van der Waals surface area contributed by atoms with Crippen molar-refractivity contribution in [3.8, 4) is 0 Å². The summed E-state index contributed by atoms with van der Waals surface area (Å²) in [5.41, 5.74) is 0. The van der Waals surface area contributed by atoms with E-state index < -0.39 is 24.5 Å². The van der Waals surface area contributed by atoms with Crippen LogP contribution >= 0.6 is 0 Å². The van der Waals surface area contributed by atoms with Gasteiger partial charge < -0.3 is 15.2 Å². The molecule has 0 aromatic rings. The second-order valence-electron chi connectivity index (χ2n) is 4.54. The van der Waals surface area contributed by atoms with Crippen LogP contribution in [0.15, 0.2) is 0 Å². The highest BCUT2D eigenvalue weighted by Crippen LogP contribution is 2.27. The van der Waals surface area contributed by atoms with E-state index in [1.54, 1.807) is 0 Å². The van der Waals surface area contributed by atoms with E-state index in [9.17, 15) is 9.59 Å². The van der Waals surface area contributed by atoms with Crippen LogP contribution in [0.3, 0.4) is 0 Å². The van der Waals surface area contributed by atoms with E-state index in [0.717, 1.165) is 12.8 Å². The smallest absolute Gasteiger partial charge is 0.328 e. The zero-order valence-corrected chi connectivity index (χ0v) is 10.3. The lowest BCUT2D eigenvalue weighted by Crippen LogP contribution is -2.44. The molecule has 5 nitrogen and oxygen atoms in total. The molecule has 1 aliphatic rings. The molecule has 0 saturated heterocycles. The Kier molecular flexibility index (Phi) is 5.97. The number of carbonyl (C=O) groups is 2. The number of amides is 1. The lowest BCUT2D eigenvalue weighted by Gasteiger charge is -2.25. The predicted octanol–water partition coefficient (Wildman–Crippen LogP) is 0.607. The molecule has 98 valence electrons. The second-order valence-corrected chi connectivity index (χ2v) is 4.54. The van der Waals surface area contributed by atoms with Crippen LogP contribution in [-0.4, -0.2) is 36.7 Å². The monoisotopic (exact) mass is 243 g/mol. The highest BCUT2D eigenvalue weighted by Gasteiger charge is 2.26. The molecule has 17 heavy (non-hydrogen) atoms. The minimum Gasteiger partial charge on any atom is -0.467 e. The molecular weight excluding hydrogens is 222 g/mol. The number of nitrogens with one attached hydrogen (secondary N) is 1. The van der Waals surface area contributed by atoms with Crippen molar-refractivity contribution in [3.63, 3.8) is 0 Å². The first-order valence-electron chi connectivity index (χ1n) is 6.15. The van der Waals surface area contributed by atoms with E-state index in [0.29, 0.717) is 12.3 Å². The molecule has 0 spiro atoms. The minimum absolute atomic E-state index is 0.433. The molecule has 1 saturated carbocycles. The van der Waals surface area contributed by atoms with Crippen molar-refractivity contribution in [1.82, 2.24) is 5.32 Å². The fourth-order valence-electron chi connectivity index (χ4n) is 2.35. The lowest BCUT2D eigenvalue weighted by atomic mass is 9.85. The predicted molar refractivity (Wildman–Crippen MR) is 62.2 cm³/mol. The Bertz CT molecular complexity index is 261. The first-order valence-corrected chi connectivity index (χ1v) is 6.15. The number of hydrogen-bond donors (Lipinski definition) is 2. The van der Waals surface area contributed by atoms with Crippen molar-refractivity contribution in [2.24, 2.45) is 5.92 Å². The topological polar surface area (TPSA) is 75.6 Å². The van der Waals surface area contributed by atoms with Gasteiger partial charge in [0.1, 0.15) is 12.6 Å². The number of ether oxygens (including phenoxy) is 1. The van der Waals surface area contributed by atoms with Crippen LogP contribution in [0.5, 0.6) is 0 Å². The number of carbonyl (C=O) groups excluding carboxylic acids is 2. The molecule has 0 aromatic carbocycles. The molecule has 1 amide bonds. The fourth-order valence-corrected chi connectivity index (χ4v) is 2.35. The number of aliphatic hydroxyl groups excluding tert-OH is 1. The number of hydrogen-bond acceptors (Lipinski definition) is 4. The molecule has 1 fully saturated rings. The Hall–Kier alpha value is -1.10. The third kappa shape index (κ3) is 4.73. The molecule has 0 radical (unpaired) electrons. The van der Waals surface area contributed by atoms with Crippen LogP contribution in [0.2, 0.25) is 0 Å². The highest BCUT2D eigenvalue weighted by molar-refractivity contribution is 5.84. The number of esters is 1. The van der Waals surface area contributed by atoms with E-state index in [4.69, 9.17) is 5.11 Å². The summed E-state index contributed by atoms with van der Waals surface area (Å²) >= 11 is 0. The quantitative estimate of drug-likeness (QED) is 0.694. The second kappa shape index (κ2) is 7.27. The maximum Gasteiger partial charge on any atom is 0.328 e. The maximum absolute atomic E-state index is 11.5. The number of rotatable bonds is 5. The van der Waals surface area contributed by atoms with Gasteiger partial charge in [-0.2, -0.15) is 0 Å². The van der Waals surface area contributed by atoms with Gasteiger partial charge in [-0.3, -0.25) is 4.79 Å². The third-order valence-electron chi connectivity index (χ3n) is 3.26. The first kappa shape index (κ1) is 14.0. The van der Waals surface area contributed by atoms with Gasteiger partial charge in [-0.15, -0.1) is 0 Å². The van der Waals surface area contributed by atoms with Crippen molar-refractivity contribution in [2.75, 3.05) is 13.7 Å². The Morgan fingerprint density at radius 1 is 1.35 bits per heavy atom. The standard InChI is InChI=1S/C12H21NO4/c1-17-12(16)10(13-11(15)8-14)7-9-5-3-2-4-6-9/h9-10,14H,2-8H2,1H3,(H,13,15)/t10-/m0/s1. The number of methoxy groups -OCH3 is 1. The minimum atomic E-state index is -0.622. The molecule has 5 heteroatoms. The van der Waals surface area contributed by atoms with E-state index in [1.165, 1.54) is 26.4 Å². The molecule has 0 heterocycles. The molecule has 2 N–H and O–H groups in total. The third-order valence-corrected chi connectivity index (χ3v) is 3.26. The molecule has 0 bridgehead atoms. The van der Waals surface area contributed by atoms with Gasteiger partial charge in [-0.05, 0) is 12.3 Å². The molecular formula is C12H21NO4. The van der Waals surface area contributed by atoms with Gasteiger partial charge in [0, 0.05) is 0 Å². The van der Waals surface area contributed by atoms with Crippen LogP contribution in [0.1, 0.15) is 38.5 Å². The van der Waals surface area contributed by atoms with Gasteiger partial charge in [0.05, 0.1) is 7.11 Å². The van der Waals surface area contributed by atoms with Gasteiger partial charge >= 0.3 is 5.97 Å². The van der Waals surface area contributed by atoms with Crippen molar-refractivity contribution in [2.45, 2.75) is 44.6 Å². The van der Waals surface area contributed by atoms with Gasteiger partial charge in [0.15, 0.2) is 0 Å². The van der Waals surface area contributed by atoms with Crippen LogP contribution in [-0.2, 0) is 14.3 Å². The Morgan fingerprint density at radius 3 is 2.53 bits per heavy atom. The number of aliphatic hydroxyl groups is 1. The SMILES string of the molecule is COC(=O)[C@H](CC1CCCCC1)NC(=O)CO. The van der Waals surface area contributed by atoms with Gasteiger partial charge in [-0.25, -0.2) is 4.79 Å². The van der Waals surface area contributed by atoms with E-state index in [-0.39, 0.29) is 0 Å². The maximum atomic E-state index is 11.5. The average molecular weight is 243 g/mol. The normalized spacial score (nSPS) is 18.5. The molecule has 1 aliphatic carbocycles. The van der Waals surface area contributed by atoms with Gasteiger partial charge in [0.25, 0.3) is 0 Å². The van der Waals surface area contributed by atoms with Gasteiger partial charge in [-0.1, -0.05) is 32.1 Å². The molecule has 0 aromatic heterocycles. The van der Waals surface area contributed by atoms with Gasteiger partial charge in [0.2, 0.25) is 5.91 Å².